The number of aliphatic hydroxyl groups is 1. The lowest BCUT2D eigenvalue weighted by Gasteiger charge is -2.21. The fourth-order valence-corrected chi connectivity index (χ4v) is 4.66. The number of aryl methyl sites for hydroxylation is 1. The van der Waals surface area contributed by atoms with Crippen LogP contribution in [-0.2, 0) is 18.3 Å². The van der Waals surface area contributed by atoms with E-state index in [1.807, 2.05) is 11.3 Å². The second kappa shape index (κ2) is 3.33. The first-order valence-electron chi connectivity index (χ1n) is 6.31. The SMILES string of the molecule is CC1(C)CC1(CO)c1csc2c1CCCC2. The van der Waals surface area contributed by atoms with Gasteiger partial charge >= 0.3 is 0 Å². The van der Waals surface area contributed by atoms with Crippen molar-refractivity contribution in [2.45, 2.75) is 51.4 Å². The smallest absolute Gasteiger partial charge is 0.0533 e. The molecule has 1 aromatic heterocycles. The summed E-state index contributed by atoms with van der Waals surface area (Å²) < 4.78 is 0. The lowest BCUT2D eigenvalue weighted by atomic mass is 9.84. The van der Waals surface area contributed by atoms with Gasteiger partial charge in [0.1, 0.15) is 0 Å². The van der Waals surface area contributed by atoms with E-state index in [1.165, 1.54) is 31.2 Å². The predicted molar refractivity (Wildman–Crippen MR) is 68.1 cm³/mol. The molecule has 0 bridgehead atoms. The molecular formula is C14H20OS. The number of thiophene rings is 1. The third kappa shape index (κ3) is 1.26. The van der Waals surface area contributed by atoms with Crippen molar-refractivity contribution in [3.05, 3.63) is 21.4 Å². The van der Waals surface area contributed by atoms with Crippen LogP contribution >= 0.6 is 11.3 Å². The molecule has 1 unspecified atom stereocenters. The number of rotatable bonds is 2. The first kappa shape index (κ1) is 10.8. The van der Waals surface area contributed by atoms with Crippen molar-refractivity contribution in [2.75, 3.05) is 6.61 Å². The average Bonchev–Trinajstić information content (AvgIpc) is 2.67. The zero-order valence-electron chi connectivity index (χ0n) is 10.2. The molecule has 1 saturated carbocycles. The molecule has 16 heavy (non-hydrogen) atoms. The Bertz CT molecular complexity index is 418. The molecule has 0 spiro atoms. The molecule has 0 saturated heterocycles. The lowest BCUT2D eigenvalue weighted by Crippen LogP contribution is -2.21. The third-order valence-electron chi connectivity index (χ3n) is 4.76. The van der Waals surface area contributed by atoms with Crippen molar-refractivity contribution in [1.82, 2.24) is 0 Å². The maximum atomic E-state index is 9.77. The van der Waals surface area contributed by atoms with Gasteiger partial charge in [0.25, 0.3) is 0 Å². The molecule has 1 fully saturated rings. The van der Waals surface area contributed by atoms with Gasteiger partial charge in [-0.1, -0.05) is 13.8 Å². The quantitative estimate of drug-likeness (QED) is 0.835. The highest BCUT2D eigenvalue weighted by molar-refractivity contribution is 7.10. The second-order valence-corrected chi connectivity index (χ2v) is 7.02. The molecule has 0 radical (unpaired) electrons. The Labute approximate surface area is 102 Å². The molecule has 88 valence electrons. The highest BCUT2D eigenvalue weighted by atomic mass is 32.1. The highest BCUT2D eigenvalue weighted by Gasteiger charge is 2.62. The van der Waals surface area contributed by atoms with Crippen LogP contribution in [0.4, 0.5) is 0 Å². The summed E-state index contributed by atoms with van der Waals surface area (Å²) in [5.74, 6) is 0. The Balaban J connectivity index is 2.04. The van der Waals surface area contributed by atoms with Crippen LogP contribution in [0.1, 0.15) is 49.1 Å². The maximum Gasteiger partial charge on any atom is 0.0533 e. The molecule has 0 aromatic carbocycles. The van der Waals surface area contributed by atoms with Gasteiger partial charge in [0.15, 0.2) is 0 Å². The van der Waals surface area contributed by atoms with Gasteiger partial charge in [-0.2, -0.15) is 0 Å². The Kier molecular flexibility index (Phi) is 2.25. The first-order valence-corrected chi connectivity index (χ1v) is 7.19. The summed E-state index contributed by atoms with van der Waals surface area (Å²) in [6.07, 6.45) is 6.34. The van der Waals surface area contributed by atoms with Crippen LogP contribution < -0.4 is 0 Å². The summed E-state index contributed by atoms with van der Waals surface area (Å²) in [7, 11) is 0. The average molecular weight is 236 g/mol. The minimum atomic E-state index is 0.0917. The fourth-order valence-electron chi connectivity index (χ4n) is 3.42. The van der Waals surface area contributed by atoms with Crippen molar-refractivity contribution in [3.63, 3.8) is 0 Å². The van der Waals surface area contributed by atoms with E-state index in [4.69, 9.17) is 0 Å². The van der Waals surface area contributed by atoms with Gasteiger partial charge in [-0.05, 0) is 54.0 Å². The lowest BCUT2D eigenvalue weighted by molar-refractivity contribution is 0.231. The number of hydrogen-bond donors (Lipinski definition) is 1. The van der Waals surface area contributed by atoms with Crippen molar-refractivity contribution in [1.29, 1.82) is 0 Å². The molecule has 2 heteroatoms. The molecular weight excluding hydrogens is 216 g/mol. The second-order valence-electron chi connectivity index (χ2n) is 6.06. The maximum absolute atomic E-state index is 9.77. The molecule has 0 amide bonds. The highest BCUT2D eigenvalue weighted by Crippen LogP contribution is 2.65. The third-order valence-corrected chi connectivity index (χ3v) is 5.85. The van der Waals surface area contributed by atoms with Gasteiger partial charge in [0.2, 0.25) is 0 Å². The largest absolute Gasteiger partial charge is 0.395 e. The molecule has 1 atom stereocenters. The molecule has 1 aromatic rings. The summed E-state index contributed by atoms with van der Waals surface area (Å²) in [6, 6.07) is 0. The normalized spacial score (nSPS) is 31.2. The molecule has 1 nitrogen and oxygen atoms in total. The van der Waals surface area contributed by atoms with Crippen molar-refractivity contribution < 1.29 is 5.11 Å². The Morgan fingerprint density at radius 2 is 2.00 bits per heavy atom. The van der Waals surface area contributed by atoms with Crippen molar-refractivity contribution >= 4 is 11.3 Å². The zero-order chi connectivity index (χ0) is 11.4. The van der Waals surface area contributed by atoms with Crippen LogP contribution in [0.15, 0.2) is 5.38 Å². The van der Waals surface area contributed by atoms with Crippen LogP contribution in [-0.4, -0.2) is 11.7 Å². The van der Waals surface area contributed by atoms with E-state index in [2.05, 4.69) is 19.2 Å². The van der Waals surface area contributed by atoms with E-state index >= 15 is 0 Å². The van der Waals surface area contributed by atoms with Crippen molar-refractivity contribution in [3.8, 4) is 0 Å². The van der Waals surface area contributed by atoms with E-state index in [9.17, 15) is 5.11 Å². The van der Waals surface area contributed by atoms with E-state index in [0.29, 0.717) is 12.0 Å². The summed E-state index contributed by atoms with van der Waals surface area (Å²) in [4.78, 5) is 1.59. The number of fused-ring (bicyclic) bond motifs is 1. The molecule has 1 N–H and O–H groups in total. The van der Waals surface area contributed by atoms with Gasteiger partial charge in [-0.3, -0.25) is 0 Å². The Morgan fingerprint density at radius 1 is 1.31 bits per heavy atom. The molecule has 1 heterocycles. The van der Waals surface area contributed by atoms with Crippen LogP contribution in [0.2, 0.25) is 0 Å². The minimum Gasteiger partial charge on any atom is -0.395 e. The van der Waals surface area contributed by atoms with E-state index in [0.717, 1.165) is 6.42 Å². The van der Waals surface area contributed by atoms with E-state index in [1.54, 1.807) is 10.4 Å². The van der Waals surface area contributed by atoms with Crippen LogP contribution in [0, 0.1) is 5.41 Å². The van der Waals surface area contributed by atoms with Crippen LogP contribution in [0.3, 0.4) is 0 Å². The molecule has 0 aliphatic heterocycles. The first-order chi connectivity index (χ1) is 7.61. The van der Waals surface area contributed by atoms with Gasteiger partial charge < -0.3 is 5.11 Å². The summed E-state index contributed by atoms with van der Waals surface area (Å²) >= 11 is 1.92. The molecule has 3 rings (SSSR count). The summed E-state index contributed by atoms with van der Waals surface area (Å²) in [6.45, 7) is 4.90. The van der Waals surface area contributed by atoms with Crippen LogP contribution in [0.25, 0.3) is 0 Å². The minimum absolute atomic E-state index is 0.0917. The fraction of sp³-hybridized carbons (Fsp3) is 0.714. The Morgan fingerprint density at radius 3 is 2.62 bits per heavy atom. The molecule has 2 aliphatic rings. The van der Waals surface area contributed by atoms with E-state index < -0.39 is 0 Å². The van der Waals surface area contributed by atoms with Gasteiger partial charge in [-0.15, -0.1) is 11.3 Å². The predicted octanol–water partition coefficient (Wildman–Crippen LogP) is 3.29. The Hall–Kier alpha value is -0.340. The van der Waals surface area contributed by atoms with Crippen molar-refractivity contribution in [2.24, 2.45) is 5.41 Å². The summed E-state index contributed by atoms with van der Waals surface area (Å²) in [5, 5.41) is 12.1. The molecule has 2 aliphatic carbocycles. The monoisotopic (exact) mass is 236 g/mol. The number of aliphatic hydroxyl groups excluding tert-OH is 1. The van der Waals surface area contributed by atoms with Gasteiger partial charge in [-0.25, -0.2) is 0 Å². The zero-order valence-corrected chi connectivity index (χ0v) is 11.0. The summed E-state index contributed by atoms with van der Waals surface area (Å²) in [5.41, 5.74) is 3.47. The standard InChI is InChI=1S/C14H20OS/c1-13(2)8-14(13,9-15)11-7-16-12-6-4-3-5-10(11)12/h7,15H,3-6,8-9H2,1-2H3. The topological polar surface area (TPSA) is 20.2 Å². The number of hydrogen-bond acceptors (Lipinski definition) is 2. The van der Waals surface area contributed by atoms with Gasteiger partial charge in [0, 0.05) is 10.3 Å². The van der Waals surface area contributed by atoms with Crippen LogP contribution in [0.5, 0.6) is 0 Å². The van der Waals surface area contributed by atoms with Gasteiger partial charge in [0.05, 0.1) is 6.61 Å². The van der Waals surface area contributed by atoms with E-state index in [-0.39, 0.29) is 5.41 Å².